The zero-order valence-corrected chi connectivity index (χ0v) is 12.7. The summed E-state index contributed by atoms with van der Waals surface area (Å²) in [5.74, 6) is 0. The minimum atomic E-state index is -1.75. The Kier molecular flexibility index (Phi) is 1860. The Balaban J connectivity index is -0.000000000818. The number of halogens is 1. The van der Waals surface area contributed by atoms with Gasteiger partial charge < -0.3 is 66.1 Å². The van der Waals surface area contributed by atoms with Crippen LogP contribution in [0.4, 0.5) is 0 Å². The summed E-state index contributed by atoms with van der Waals surface area (Å²) in [7, 11) is 0. The van der Waals surface area contributed by atoms with Gasteiger partial charge in [-0.05, 0) is 0 Å². The van der Waals surface area contributed by atoms with Gasteiger partial charge in [-0.15, -0.1) is 0 Å². The van der Waals surface area contributed by atoms with E-state index in [2.05, 4.69) is 0 Å². The molecule has 0 unspecified atom stereocenters. The molecule has 0 fully saturated rings. The van der Waals surface area contributed by atoms with Crippen LogP contribution < -0.4 is 12.4 Å². The molecule has 0 heterocycles. The SMILES string of the molecule is O.O.O.O.O.O=[N+]([O-])[O-].[Ca+2].[Cl-].[Fe+2].[Mg+2].[O-2].[OH-]. The number of hydrogen-bond donors (Lipinski definition) is 0. The molecule has 0 saturated carbocycles. The van der Waals surface area contributed by atoms with E-state index in [0.717, 1.165) is 0 Å². The predicted molar refractivity (Wildman–Crippen MR) is 42.6 cm³/mol. The second kappa shape index (κ2) is 152. The van der Waals surface area contributed by atoms with E-state index in [1.165, 1.54) is 0 Å². The smallest absolute Gasteiger partial charge is 2.00 e. The Bertz CT molecular complexity index is 48.4. The van der Waals surface area contributed by atoms with Crippen LogP contribution in [0.5, 0.6) is 0 Å². The molecular weight excluding hydrogens is 330 g/mol. The molecule has 0 spiro atoms. The average Bonchev–Trinajstić information content (AvgIpc) is 0.811. The second-order valence-electron chi connectivity index (χ2n) is 0.224. The van der Waals surface area contributed by atoms with Gasteiger partial charge in [0.2, 0.25) is 0 Å². The van der Waals surface area contributed by atoms with Crippen molar-refractivity contribution in [3.63, 3.8) is 0 Å². The van der Waals surface area contributed by atoms with Gasteiger partial charge in [0.15, 0.2) is 0 Å². The molecule has 0 amide bonds. The number of nitrogens with zero attached hydrogens (tertiary/aromatic N) is 1. The molecule has 0 aliphatic rings. The first-order chi connectivity index (χ1) is 1.73. The van der Waals surface area contributed by atoms with Gasteiger partial charge in [-0.25, -0.2) is 0 Å². The van der Waals surface area contributed by atoms with Gasteiger partial charge >= 0.3 is 77.9 Å². The molecule has 11 nitrogen and oxygen atoms in total. The molecule has 0 aromatic carbocycles. The van der Waals surface area contributed by atoms with Crippen molar-refractivity contribution in [2.45, 2.75) is 0 Å². The van der Waals surface area contributed by atoms with Crippen molar-refractivity contribution in [3.8, 4) is 0 Å². The van der Waals surface area contributed by atoms with Gasteiger partial charge in [-0.3, -0.25) is 0 Å². The Morgan fingerprint density at radius 3 is 0.867 bits per heavy atom. The van der Waals surface area contributed by atoms with Gasteiger partial charge in [0, 0.05) is 0 Å². The Labute approximate surface area is 147 Å². The summed E-state index contributed by atoms with van der Waals surface area (Å²) in [5.41, 5.74) is 0. The van der Waals surface area contributed by atoms with Crippen molar-refractivity contribution >= 4 is 60.8 Å². The van der Waals surface area contributed by atoms with E-state index in [1.807, 2.05) is 0 Å². The van der Waals surface area contributed by atoms with Crippen LogP contribution in [0, 0.1) is 15.3 Å². The largest absolute Gasteiger partial charge is 2.00 e. The van der Waals surface area contributed by atoms with E-state index in [0.29, 0.717) is 0 Å². The summed E-state index contributed by atoms with van der Waals surface area (Å²) >= 11 is 0. The fourth-order valence-electron chi connectivity index (χ4n) is 0. The maximum Gasteiger partial charge on any atom is 2.00 e. The molecule has 0 aromatic rings. The third-order valence-corrected chi connectivity index (χ3v) is 0. The normalized spacial score (nSPS) is 1.60. The molecule has 0 aliphatic heterocycles. The zero-order chi connectivity index (χ0) is 3.58. The molecule has 0 bridgehead atoms. The molecule has 0 aromatic heterocycles. The fourth-order valence-corrected chi connectivity index (χ4v) is 0. The molecule has 15 heavy (non-hydrogen) atoms. The number of hydrogen-bond acceptors (Lipinski definition) is 4. The summed E-state index contributed by atoms with van der Waals surface area (Å²) < 4.78 is 0. The summed E-state index contributed by atoms with van der Waals surface area (Å²) in [6.45, 7) is 0. The molecule has 11 N–H and O–H groups in total. The van der Waals surface area contributed by atoms with E-state index in [-0.39, 0.29) is 129 Å². The number of rotatable bonds is 0. The minimum absolute atomic E-state index is 0. The molecule has 15 heteroatoms. The molecule has 0 radical (unpaired) electrons. The summed E-state index contributed by atoms with van der Waals surface area (Å²) in [4.78, 5) is 8.25. The summed E-state index contributed by atoms with van der Waals surface area (Å²) in [6, 6.07) is 0. The minimum Gasteiger partial charge on any atom is -2.00 e. The maximum atomic E-state index is 8.25. The Morgan fingerprint density at radius 2 is 0.867 bits per heavy atom. The van der Waals surface area contributed by atoms with Crippen LogP contribution >= 0.6 is 0 Å². The van der Waals surface area contributed by atoms with Gasteiger partial charge in [-0.1, -0.05) is 0 Å². The first kappa shape index (κ1) is 184. The quantitative estimate of drug-likeness (QED) is 0.235. The molecule has 0 rings (SSSR count). The van der Waals surface area contributed by atoms with Gasteiger partial charge in [-0.2, -0.15) is 0 Å². The Morgan fingerprint density at radius 1 is 0.867 bits per heavy atom. The third kappa shape index (κ3) is 967. The molecular formula is H11CaClFeMgNO10+. The second-order valence-corrected chi connectivity index (χ2v) is 0.224. The third-order valence-electron chi connectivity index (χ3n) is 0. The van der Waals surface area contributed by atoms with Crippen LogP contribution in [0.1, 0.15) is 0 Å². The molecule has 0 atom stereocenters. The van der Waals surface area contributed by atoms with Crippen LogP contribution in [0.3, 0.4) is 0 Å². The predicted octanol–water partition coefficient (Wildman–Crippen LogP) is -8.42. The summed E-state index contributed by atoms with van der Waals surface area (Å²) in [5, 5.41) is 14.8. The van der Waals surface area contributed by atoms with Crippen LogP contribution in [0.2, 0.25) is 0 Å². The molecule has 0 saturated heterocycles. The standard InChI is InChI=1S/Ca.ClH.Fe.Mg.NO3.6H2O.O/c;;;;2-1(3)4;;;;;;;/h;1H;;;;6*1H2;/q+2;;2*+2;-1;;;;;;;-2/p-2. The van der Waals surface area contributed by atoms with E-state index >= 15 is 0 Å². The maximum absolute atomic E-state index is 8.25. The van der Waals surface area contributed by atoms with Gasteiger partial charge in [0.05, 0.1) is 5.09 Å². The molecule has 94 valence electrons. The van der Waals surface area contributed by atoms with E-state index in [1.54, 1.807) is 0 Å². The summed E-state index contributed by atoms with van der Waals surface area (Å²) in [6.07, 6.45) is 0. The monoisotopic (exact) mass is 340 g/mol. The van der Waals surface area contributed by atoms with Crippen molar-refractivity contribution in [1.82, 2.24) is 0 Å². The van der Waals surface area contributed by atoms with Crippen LogP contribution in [0.15, 0.2) is 0 Å². The van der Waals surface area contributed by atoms with E-state index in [9.17, 15) is 0 Å². The van der Waals surface area contributed by atoms with Gasteiger partial charge in [0.1, 0.15) is 0 Å². The van der Waals surface area contributed by atoms with Crippen molar-refractivity contribution in [3.05, 3.63) is 15.3 Å². The average molecular weight is 341 g/mol. The fraction of sp³-hybridized carbons (Fsp3) is 0. The first-order valence-electron chi connectivity index (χ1n) is 0.548. The van der Waals surface area contributed by atoms with Crippen LogP contribution in [0.25, 0.3) is 0 Å². The van der Waals surface area contributed by atoms with Crippen molar-refractivity contribution < 1.29 is 72.9 Å². The van der Waals surface area contributed by atoms with Crippen LogP contribution in [-0.4, -0.2) is 98.7 Å². The van der Waals surface area contributed by atoms with Crippen LogP contribution in [-0.2, 0) is 22.5 Å². The van der Waals surface area contributed by atoms with Gasteiger partial charge in [0.25, 0.3) is 0 Å². The van der Waals surface area contributed by atoms with Crippen molar-refractivity contribution in [1.29, 1.82) is 0 Å². The zero-order valence-electron chi connectivity index (χ0n) is 7.17. The molecule has 0 aliphatic carbocycles. The Hall–Kier alpha value is 1.76. The topological polar surface area (TPSA) is 282 Å². The van der Waals surface area contributed by atoms with E-state index < -0.39 is 5.09 Å². The van der Waals surface area contributed by atoms with Crippen molar-refractivity contribution in [2.75, 3.05) is 0 Å². The first-order valence-corrected chi connectivity index (χ1v) is 0.548. The van der Waals surface area contributed by atoms with Crippen molar-refractivity contribution in [2.24, 2.45) is 0 Å². The van der Waals surface area contributed by atoms with E-state index in [4.69, 9.17) is 15.3 Å².